The minimum absolute atomic E-state index is 0.208. The van der Waals surface area contributed by atoms with Crippen molar-refractivity contribution in [2.45, 2.75) is 19.5 Å². The standard InChI is InChI=1S/C13H17ClN2O3/c1-9(17)15-12(13(18)19)8-16(2)7-10-5-3-4-6-11(10)14/h3-6,12H,7-8H2,1-2H3,(H,15,17)(H,18,19). The largest absolute Gasteiger partial charge is 0.480 e. The number of benzene rings is 1. The molecule has 1 amide bonds. The van der Waals surface area contributed by atoms with Crippen molar-refractivity contribution in [3.8, 4) is 0 Å². The predicted octanol–water partition coefficient (Wildman–Crippen LogP) is 1.36. The Labute approximate surface area is 117 Å². The van der Waals surface area contributed by atoms with E-state index in [4.69, 9.17) is 16.7 Å². The summed E-state index contributed by atoms with van der Waals surface area (Å²) in [6.07, 6.45) is 0. The summed E-state index contributed by atoms with van der Waals surface area (Å²) in [7, 11) is 1.78. The fraction of sp³-hybridized carbons (Fsp3) is 0.385. The van der Waals surface area contributed by atoms with Crippen LogP contribution in [0.1, 0.15) is 12.5 Å². The Balaban J connectivity index is 2.62. The lowest BCUT2D eigenvalue weighted by Crippen LogP contribution is -2.46. The molecule has 6 heteroatoms. The molecule has 1 aromatic carbocycles. The molecular weight excluding hydrogens is 268 g/mol. The van der Waals surface area contributed by atoms with Gasteiger partial charge in [0.25, 0.3) is 0 Å². The van der Waals surface area contributed by atoms with Crippen LogP contribution in [0.5, 0.6) is 0 Å². The molecule has 5 nitrogen and oxygen atoms in total. The number of amides is 1. The minimum Gasteiger partial charge on any atom is -0.480 e. The molecule has 104 valence electrons. The van der Waals surface area contributed by atoms with Gasteiger partial charge in [0.1, 0.15) is 6.04 Å². The number of hydrogen-bond acceptors (Lipinski definition) is 3. The Hall–Kier alpha value is -1.59. The van der Waals surface area contributed by atoms with E-state index in [0.29, 0.717) is 11.6 Å². The van der Waals surface area contributed by atoms with Gasteiger partial charge in [-0.15, -0.1) is 0 Å². The number of carboxylic acid groups (broad SMARTS) is 1. The van der Waals surface area contributed by atoms with Crippen molar-refractivity contribution in [1.82, 2.24) is 10.2 Å². The summed E-state index contributed by atoms with van der Waals surface area (Å²) >= 11 is 6.04. The van der Waals surface area contributed by atoms with Crippen LogP contribution in [-0.2, 0) is 16.1 Å². The number of rotatable bonds is 6. The lowest BCUT2D eigenvalue weighted by atomic mass is 10.2. The summed E-state index contributed by atoms with van der Waals surface area (Å²) in [6.45, 7) is 2.02. The van der Waals surface area contributed by atoms with Gasteiger partial charge in [-0.05, 0) is 18.7 Å². The van der Waals surface area contributed by atoms with Crippen molar-refractivity contribution in [2.75, 3.05) is 13.6 Å². The molecular formula is C13H17ClN2O3. The number of nitrogens with zero attached hydrogens (tertiary/aromatic N) is 1. The van der Waals surface area contributed by atoms with Gasteiger partial charge in [-0.25, -0.2) is 4.79 Å². The van der Waals surface area contributed by atoms with Gasteiger partial charge in [-0.3, -0.25) is 9.69 Å². The highest BCUT2D eigenvalue weighted by Gasteiger charge is 2.20. The molecule has 0 aliphatic heterocycles. The van der Waals surface area contributed by atoms with Crippen molar-refractivity contribution in [1.29, 1.82) is 0 Å². The molecule has 0 spiro atoms. The minimum atomic E-state index is -1.05. The number of hydrogen-bond donors (Lipinski definition) is 2. The molecule has 0 saturated heterocycles. The summed E-state index contributed by atoms with van der Waals surface area (Å²) in [5.74, 6) is -1.42. The van der Waals surface area contributed by atoms with E-state index in [1.807, 2.05) is 18.2 Å². The van der Waals surface area contributed by atoms with Crippen molar-refractivity contribution >= 4 is 23.5 Å². The molecule has 0 radical (unpaired) electrons. The number of nitrogens with one attached hydrogen (secondary N) is 1. The third kappa shape index (κ3) is 5.28. The van der Waals surface area contributed by atoms with Crippen LogP contribution in [0.4, 0.5) is 0 Å². The monoisotopic (exact) mass is 284 g/mol. The fourth-order valence-corrected chi connectivity index (χ4v) is 1.92. The first-order valence-electron chi connectivity index (χ1n) is 5.82. The van der Waals surface area contributed by atoms with E-state index in [1.54, 1.807) is 18.0 Å². The van der Waals surface area contributed by atoms with Gasteiger partial charge in [-0.1, -0.05) is 29.8 Å². The van der Waals surface area contributed by atoms with Crippen LogP contribution >= 0.6 is 11.6 Å². The molecule has 0 fully saturated rings. The zero-order chi connectivity index (χ0) is 14.4. The number of likely N-dealkylation sites (N-methyl/N-ethyl adjacent to an activating group) is 1. The maximum Gasteiger partial charge on any atom is 0.327 e. The second-order valence-corrected chi connectivity index (χ2v) is 4.79. The second kappa shape index (κ2) is 7.11. The zero-order valence-electron chi connectivity index (χ0n) is 10.9. The van der Waals surface area contributed by atoms with E-state index < -0.39 is 12.0 Å². The van der Waals surface area contributed by atoms with Crippen molar-refractivity contribution in [3.63, 3.8) is 0 Å². The maximum absolute atomic E-state index is 11.0. The van der Waals surface area contributed by atoms with E-state index in [2.05, 4.69) is 5.32 Å². The number of halogens is 1. The summed E-state index contributed by atoms with van der Waals surface area (Å²) in [5.41, 5.74) is 0.915. The zero-order valence-corrected chi connectivity index (χ0v) is 11.6. The first-order valence-corrected chi connectivity index (χ1v) is 6.19. The highest BCUT2D eigenvalue weighted by atomic mass is 35.5. The first-order chi connectivity index (χ1) is 8.90. The van der Waals surface area contributed by atoms with E-state index >= 15 is 0 Å². The number of carbonyl (C=O) groups is 2. The van der Waals surface area contributed by atoms with Gasteiger partial charge >= 0.3 is 5.97 Å². The lowest BCUT2D eigenvalue weighted by Gasteiger charge is -2.22. The number of aliphatic carboxylic acids is 1. The molecule has 19 heavy (non-hydrogen) atoms. The van der Waals surface area contributed by atoms with Gasteiger partial charge in [-0.2, -0.15) is 0 Å². The van der Waals surface area contributed by atoms with Crippen LogP contribution in [-0.4, -0.2) is 41.5 Å². The fourth-order valence-electron chi connectivity index (χ4n) is 1.72. The molecule has 1 atom stereocenters. The van der Waals surface area contributed by atoms with E-state index in [1.165, 1.54) is 6.92 Å². The topological polar surface area (TPSA) is 69.6 Å². The molecule has 0 aliphatic rings. The third-order valence-electron chi connectivity index (χ3n) is 2.57. The lowest BCUT2D eigenvalue weighted by molar-refractivity contribution is -0.142. The second-order valence-electron chi connectivity index (χ2n) is 4.38. The van der Waals surface area contributed by atoms with Crippen LogP contribution in [0.15, 0.2) is 24.3 Å². The smallest absolute Gasteiger partial charge is 0.327 e. The van der Waals surface area contributed by atoms with Crippen molar-refractivity contribution in [3.05, 3.63) is 34.9 Å². The molecule has 1 rings (SSSR count). The third-order valence-corrected chi connectivity index (χ3v) is 2.94. The predicted molar refractivity (Wildman–Crippen MR) is 73.0 cm³/mol. The average molecular weight is 285 g/mol. The highest BCUT2D eigenvalue weighted by Crippen LogP contribution is 2.16. The Morgan fingerprint density at radius 2 is 2.05 bits per heavy atom. The number of carboxylic acids is 1. The highest BCUT2D eigenvalue weighted by molar-refractivity contribution is 6.31. The summed E-state index contributed by atoms with van der Waals surface area (Å²) in [6, 6.07) is 6.45. The quantitative estimate of drug-likeness (QED) is 0.828. The van der Waals surface area contributed by atoms with E-state index in [9.17, 15) is 9.59 Å². The molecule has 2 N–H and O–H groups in total. The first kappa shape index (κ1) is 15.5. The molecule has 0 aromatic heterocycles. The summed E-state index contributed by atoms with van der Waals surface area (Å²) in [4.78, 5) is 23.8. The van der Waals surface area contributed by atoms with Gasteiger partial charge in [0.2, 0.25) is 5.91 Å². The van der Waals surface area contributed by atoms with Crippen LogP contribution in [0.2, 0.25) is 5.02 Å². The molecule has 0 bridgehead atoms. The van der Waals surface area contributed by atoms with Crippen LogP contribution < -0.4 is 5.32 Å². The molecule has 1 unspecified atom stereocenters. The molecule has 0 heterocycles. The van der Waals surface area contributed by atoms with Gasteiger partial charge in [0, 0.05) is 25.0 Å². The number of carbonyl (C=O) groups excluding carboxylic acids is 1. The average Bonchev–Trinajstić information content (AvgIpc) is 2.30. The molecule has 0 aliphatic carbocycles. The Bertz CT molecular complexity index is 465. The summed E-state index contributed by atoms with van der Waals surface area (Å²) < 4.78 is 0. The van der Waals surface area contributed by atoms with Gasteiger partial charge < -0.3 is 10.4 Å². The van der Waals surface area contributed by atoms with Gasteiger partial charge in [0.05, 0.1) is 0 Å². The molecule has 0 saturated carbocycles. The normalized spacial score (nSPS) is 12.2. The Kier molecular flexibility index (Phi) is 5.79. The van der Waals surface area contributed by atoms with Crippen LogP contribution in [0, 0.1) is 0 Å². The van der Waals surface area contributed by atoms with E-state index in [0.717, 1.165) is 5.56 Å². The maximum atomic E-state index is 11.0. The van der Waals surface area contributed by atoms with Gasteiger partial charge in [0.15, 0.2) is 0 Å². The van der Waals surface area contributed by atoms with Crippen LogP contribution in [0.3, 0.4) is 0 Å². The SMILES string of the molecule is CC(=O)NC(CN(C)Cc1ccccc1Cl)C(=O)O. The Morgan fingerprint density at radius 3 is 2.58 bits per heavy atom. The molecule has 1 aromatic rings. The van der Waals surface area contributed by atoms with Crippen molar-refractivity contribution < 1.29 is 14.7 Å². The van der Waals surface area contributed by atoms with Crippen molar-refractivity contribution in [2.24, 2.45) is 0 Å². The summed E-state index contributed by atoms with van der Waals surface area (Å²) in [5, 5.41) is 12.1. The Morgan fingerprint density at radius 1 is 1.42 bits per heavy atom. The van der Waals surface area contributed by atoms with E-state index in [-0.39, 0.29) is 12.5 Å². The van der Waals surface area contributed by atoms with Crippen LogP contribution in [0.25, 0.3) is 0 Å².